The third-order valence-electron chi connectivity index (χ3n) is 11.5. The Morgan fingerprint density at radius 2 is 0.985 bits per heavy atom. The Hall–Kier alpha value is -2.57. The van der Waals surface area contributed by atoms with Crippen molar-refractivity contribution in [1.82, 2.24) is 0 Å². The number of carbonyl (C=O) groups is 1. The Labute approximate surface area is 396 Å². The SMILES string of the molecule is CC/C=C\C/C=C\C/C=C\C/C=C\CCC(=O)OC(COCCCCCCCCCC/C=C\C/C=C\CCCCCC)COC1OC(COC2OC(CO)C(O)C(O)C2O)C(O)C(O)C1O. The molecule has 0 aromatic rings. The molecule has 2 aliphatic heterocycles. The molecule has 0 aromatic heterocycles. The van der Waals surface area contributed by atoms with E-state index in [1.54, 1.807) is 0 Å². The van der Waals surface area contributed by atoms with Gasteiger partial charge in [-0.05, 0) is 70.6 Å². The summed E-state index contributed by atoms with van der Waals surface area (Å²) in [6.45, 7) is 3.42. The van der Waals surface area contributed by atoms with Crippen LogP contribution in [0.5, 0.6) is 0 Å². The average Bonchev–Trinajstić information content (AvgIpc) is 3.31. The lowest BCUT2D eigenvalue weighted by molar-refractivity contribution is -0.332. The van der Waals surface area contributed by atoms with Gasteiger partial charge < -0.3 is 64.2 Å². The Morgan fingerprint density at radius 1 is 0.515 bits per heavy atom. The van der Waals surface area contributed by atoms with Gasteiger partial charge in [0.25, 0.3) is 0 Å². The number of hydrogen-bond donors (Lipinski definition) is 7. The van der Waals surface area contributed by atoms with Crippen molar-refractivity contribution in [3.8, 4) is 0 Å². The number of allylic oxidation sites excluding steroid dienone is 12. The van der Waals surface area contributed by atoms with Gasteiger partial charge in [0.2, 0.25) is 0 Å². The molecule has 0 aliphatic carbocycles. The van der Waals surface area contributed by atoms with Crippen LogP contribution in [0.15, 0.2) is 72.9 Å². The quantitative estimate of drug-likeness (QED) is 0.0187. The third kappa shape index (κ3) is 26.8. The molecule has 11 unspecified atom stereocenters. The van der Waals surface area contributed by atoms with Crippen LogP contribution in [0.3, 0.4) is 0 Å². The van der Waals surface area contributed by atoms with Gasteiger partial charge in [0.15, 0.2) is 12.6 Å². The maximum atomic E-state index is 12.9. The number of esters is 1. The molecule has 2 heterocycles. The van der Waals surface area contributed by atoms with Crippen LogP contribution >= 0.6 is 0 Å². The lowest BCUT2D eigenvalue weighted by atomic mass is 9.98. The van der Waals surface area contributed by atoms with Crippen molar-refractivity contribution < 1.29 is 69.0 Å². The number of aliphatic hydroxyl groups excluding tert-OH is 7. The van der Waals surface area contributed by atoms with Crippen molar-refractivity contribution in [3.63, 3.8) is 0 Å². The Balaban J connectivity index is 1.79. The number of unbranched alkanes of at least 4 members (excludes halogenated alkanes) is 12. The average molecular weight is 937 g/mol. The highest BCUT2D eigenvalue weighted by molar-refractivity contribution is 5.69. The molecule has 0 amide bonds. The van der Waals surface area contributed by atoms with Crippen molar-refractivity contribution >= 4 is 5.97 Å². The summed E-state index contributed by atoms with van der Waals surface area (Å²) in [5, 5.41) is 72.0. The lowest BCUT2D eigenvalue weighted by Gasteiger charge is -2.42. The molecular formula is C52H88O14. The first-order valence-electron chi connectivity index (χ1n) is 25.0. The van der Waals surface area contributed by atoms with Crippen molar-refractivity contribution in [1.29, 1.82) is 0 Å². The molecule has 7 N–H and O–H groups in total. The van der Waals surface area contributed by atoms with Crippen LogP contribution in [0.25, 0.3) is 0 Å². The highest BCUT2D eigenvalue weighted by atomic mass is 16.7. The fourth-order valence-corrected chi connectivity index (χ4v) is 7.39. The first kappa shape index (κ1) is 59.6. The van der Waals surface area contributed by atoms with Crippen molar-refractivity contribution in [2.75, 3.05) is 33.0 Å². The summed E-state index contributed by atoms with van der Waals surface area (Å²) in [6.07, 6.45) is 31.3. The molecule has 11 atom stereocenters. The number of hydrogen-bond acceptors (Lipinski definition) is 14. The maximum absolute atomic E-state index is 12.9. The van der Waals surface area contributed by atoms with E-state index in [1.165, 1.54) is 64.2 Å². The van der Waals surface area contributed by atoms with Crippen LogP contribution in [0.4, 0.5) is 0 Å². The second-order valence-corrected chi connectivity index (χ2v) is 17.3. The van der Waals surface area contributed by atoms with E-state index in [1.807, 2.05) is 12.2 Å². The normalized spacial score (nSPS) is 26.9. The second-order valence-electron chi connectivity index (χ2n) is 17.3. The van der Waals surface area contributed by atoms with Crippen LogP contribution in [0.1, 0.15) is 149 Å². The summed E-state index contributed by atoms with van der Waals surface area (Å²) in [5.74, 6) is -0.460. The van der Waals surface area contributed by atoms with Gasteiger partial charge in [0.1, 0.15) is 54.9 Å². The van der Waals surface area contributed by atoms with Gasteiger partial charge in [-0.25, -0.2) is 0 Å². The lowest BCUT2D eigenvalue weighted by Crippen LogP contribution is -2.61. The molecule has 0 saturated carbocycles. The van der Waals surface area contributed by atoms with E-state index >= 15 is 0 Å². The fourth-order valence-electron chi connectivity index (χ4n) is 7.39. The largest absolute Gasteiger partial charge is 0.457 e. The molecule has 14 nitrogen and oxygen atoms in total. The minimum atomic E-state index is -1.72. The molecule has 380 valence electrons. The maximum Gasteiger partial charge on any atom is 0.306 e. The highest BCUT2D eigenvalue weighted by Crippen LogP contribution is 2.26. The third-order valence-corrected chi connectivity index (χ3v) is 11.5. The van der Waals surface area contributed by atoms with Crippen LogP contribution in [-0.4, -0.2) is 142 Å². The van der Waals surface area contributed by atoms with E-state index in [0.717, 1.165) is 57.8 Å². The molecular weight excluding hydrogens is 849 g/mol. The van der Waals surface area contributed by atoms with Crippen LogP contribution in [0, 0.1) is 0 Å². The minimum Gasteiger partial charge on any atom is -0.457 e. The summed E-state index contributed by atoms with van der Waals surface area (Å²) in [5.41, 5.74) is 0. The van der Waals surface area contributed by atoms with Gasteiger partial charge in [-0.1, -0.05) is 145 Å². The van der Waals surface area contributed by atoms with Crippen molar-refractivity contribution in [3.05, 3.63) is 72.9 Å². The van der Waals surface area contributed by atoms with E-state index < -0.39 is 86.7 Å². The standard InChI is InChI=1S/C52H88O14/c1-3-5-7-9-11-13-15-17-18-19-20-21-22-24-26-28-30-32-34-36-61-38-41(64-44(54)35-33-31-29-27-25-23-16-14-12-10-8-6-4-2)39-62-51-50(60)48(58)46(56)43(66-51)40-63-52-49(59)47(57)45(55)42(37-53)65-52/h6,8,12-15,18-19,23,25,29,31,41-43,45-53,55-60H,3-5,7,9-11,16-17,20-22,24,26-28,30,32-40H2,1-2H3/b8-6-,14-12-,15-13-,19-18-,25-23-,31-29-. The molecule has 2 fully saturated rings. The van der Waals surface area contributed by atoms with Crippen LogP contribution in [-0.2, 0) is 33.2 Å². The van der Waals surface area contributed by atoms with Gasteiger partial charge in [0.05, 0.1) is 26.4 Å². The first-order valence-corrected chi connectivity index (χ1v) is 25.0. The summed E-state index contributed by atoms with van der Waals surface area (Å²) in [4.78, 5) is 12.9. The highest BCUT2D eigenvalue weighted by Gasteiger charge is 2.47. The molecule has 2 aliphatic rings. The Bertz CT molecular complexity index is 1360. The zero-order valence-electron chi connectivity index (χ0n) is 40.2. The molecule has 2 rings (SSSR count). The van der Waals surface area contributed by atoms with Gasteiger partial charge in [-0.3, -0.25) is 4.79 Å². The molecule has 0 spiro atoms. The van der Waals surface area contributed by atoms with Crippen molar-refractivity contribution in [2.45, 2.75) is 216 Å². The van der Waals surface area contributed by atoms with Crippen LogP contribution in [0.2, 0.25) is 0 Å². The summed E-state index contributed by atoms with van der Waals surface area (Å²) in [7, 11) is 0. The topological polar surface area (TPSA) is 214 Å². The number of rotatable bonds is 38. The molecule has 14 heteroatoms. The van der Waals surface area contributed by atoms with E-state index in [-0.39, 0.29) is 19.6 Å². The fraction of sp³-hybridized carbons (Fsp3) is 0.750. The smallest absolute Gasteiger partial charge is 0.306 e. The molecule has 0 aromatic carbocycles. The molecule has 2 saturated heterocycles. The van der Waals surface area contributed by atoms with Gasteiger partial charge in [0, 0.05) is 13.0 Å². The zero-order valence-corrected chi connectivity index (χ0v) is 40.2. The van der Waals surface area contributed by atoms with Gasteiger partial charge in [-0.15, -0.1) is 0 Å². The van der Waals surface area contributed by atoms with E-state index in [2.05, 4.69) is 74.6 Å². The molecule has 0 bridgehead atoms. The summed E-state index contributed by atoms with van der Waals surface area (Å²) in [6, 6.07) is 0. The number of carbonyl (C=O) groups excluding carboxylic acids is 1. The number of aliphatic hydroxyl groups is 7. The predicted octanol–water partition coefficient (Wildman–Crippen LogP) is 7.12. The monoisotopic (exact) mass is 937 g/mol. The molecule has 66 heavy (non-hydrogen) atoms. The Morgan fingerprint density at radius 3 is 1.55 bits per heavy atom. The van der Waals surface area contributed by atoms with Crippen molar-refractivity contribution in [2.24, 2.45) is 0 Å². The second kappa shape index (κ2) is 39.3. The Kier molecular flexibility index (Phi) is 35.5. The first-order chi connectivity index (χ1) is 32.1. The minimum absolute atomic E-state index is 0.0249. The molecule has 0 radical (unpaired) electrons. The predicted molar refractivity (Wildman–Crippen MR) is 256 cm³/mol. The van der Waals surface area contributed by atoms with E-state index in [0.29, 0.717) is 13.0 Å². The van der Waals surface area contributed by atoms with E-state index in [4.69, 9.17) is 28.4 Å². The summed E-state index contributed by atoms with van der Waals surface area (Å²) >= 11 is 0. The number of ether oxygens (including phenoxy) is 6. The summed E-state index contributed by atoms with van der Waals surface area (Å²) < 4.78 is 34.1. The van der Waals surface area contributed by atoms with Gasteiger partial charge >= 0.3 is 5.97 Å². The van der Waals surface area contributed by atoms with Crippen LogP contribution < -0.4 is 0 Å². The van der Waals surface area contributed by atoms with E-state index in [9.17, 15) is 40.5 Å². The zero-order chi connectivity index (χ0) is 48.0. The van der Waals surface area contributed by atoms with Gasteiger partial charge in [-0.2, -0.15) is 0 Å².